The molecule has 2 heterocycles. The lowest BCUT2D eigenvalue weighted by atomic mass is 9.88. The van der Waals surface area contributed by atoms with Crippen molar-refractivity contribution in [1.82, 2.24) is 15.2 Å². The lowest BCUT2D eigenvalue weighted by molar-refractivity contribution is -0.161. The Morgan fingerprint density at radius 3 is 2.65 bits per heavy atom. The largest absolute Gasteiger partial charge is 0.340 e. The number of aromatic nitrogens is 1. The molecular formula is C14H21N3O2S. The van der Waals surface area contributed by atoms with E-state index in [0.29, 0.717) is 6.42 Å². The Morgan fingerprint density at radius 1 is 1.50 bits per heavy atom. The molecule has 0 aliphatic carbocycles. The first-order valence-electron chi connectivity index (χ1n) is 6.80. The molecular weight excluding hydrogens is 274 g/mol. The molecule has 2 amide bonds. The maximum Gasteiger partial charge on any atom is 0.249 e. The van der Waals surface area contributed by atoms with Gasteiger partial charge in [-0.25, -0.2) is 4.98 Å². The van der Waals surface area contributed by atoms with Crippen LogP contribution in [0, 0.1) is 0 Å². The Balaban J connectivity index is 2.47. The Morgan fingerprint density at radius 2 is 2.15 bits per heavy atom. The first-order valence-corrected chi connectivity index (χ1v) is 7.67. The Labute approximate surface area is 123 Å². The number of hydrogen-bond donors (Lipinski definition) is 1. The van der Waals surface area contributed by atoms with Crippen molar-refractivity contribution in [2.45, 2.75) is 58.2 Å². The van der Waals surface area contributed by atoms with E-state index in [2.05, 4.69) is 10.3 Å². The molecule has 0 bridgehead atoms. The third kappa shape index (κ3) is 2.12. The van der Waals surface area contributed by atoms with Gasteiger partial charge in [-0.15, -0.1) is 11.3 Å². The summed E-state index contributed by atoms with van der Waals surface area (Å²) in [6, 6.07) is -0.499. The molecule has 1 aromatic rings. The third-order valence-electron chi connectivity index (χ3n) is 4.12. The average molecular weight is 295 g/mol. The molecule has 0 radical (unpaired) electrons. The Hall–Kier alpha value is -1.43. The molecule has 0 saturated carbocycles. The number of rotatable bonds is 3. The zero-order valence-electron chi connectivity index (χ0n) is 12.6. The van der Waals surface area contributed by atoms with E-state index in [1.807, 2.05) is 26.2 Å². The number of hydrogen-bond acceptors (Lipinski definition) is 4. The van der Waals surface area contributed by atoms with Crippen molar-refractivity contribution in [3.8, 4) is 0 Å². The van der Waals surface area contributed by atoms with Gasteiger partial charge in [0.15, 0.2) is 0 Å². The minimum Gasteiger partial charge on any atom is -0.340 e. The third-order valence-corrected chi connectivity index (χ3v) is 5.21. The minimum absolute atomic E-state index is 0.0488. The standard InChI is InChI=1S/C14H21N3O2S/c1-6-14(5)12(19)17(9(2)10(18)16-14)13(3,4)11-15-7-8-20-11/h7-9H,6H2,1-5H3,(H,16,18). The summed E-state index contributed by atoms with van der Waals surface area (Å²) in [6.45, 7) is 9.33. The second-order valence-corrected chi connectivity index (χ2v) is 6.82. The van der Waals surface area contributed by atoms with Crippen LogP contribution in [0.5, 0.6) is 0 Å². The fourth-order valence-corrected chi connectivity index (χ4v) is 3.35. The first kappa shape index (κ1) is 15.0. The molecule has 2 rings (SSSR count). The number of piperazine rings is 1. The quantitative estimate of drug-likeness (QED) is 0.926. The maximum absolute atomic E-state index is 12.9. The molecule has 5 nitrogen and oxygen atoms in total. The van der Waals surface area contributed by atoms with Gasteiger partial charge in [-0.05, 0) is 34.1 Å². The topological polar surface area (TPSA) is 62.3 Å². The molecule has 1 saturated heterocycles. The summed E-state index contributed by atoms with van der Waals surface area (Å²) in [7, 11) is 0. The van der Waals surface area contributed by atoms with Crippen LogP contribution in [-0.4, -0.2) is 33.3 Å². The van der Waals surface area contributed by atoms with Crippen LogP contribution in [0.4, 0.5) is 0 Å². The predicted octanol–water partition coefficient (Wildman–Crippen LogP) is 1.89. The van der Waals surface area contributed by atoms with E-state index in [-0.39, 0.29) is 11.8 Å². The van der Waals surface area contributed by atoms with E-state index in [9.17, 15) is 9.59 Å². The Kier molecular flexibility index (Phi) is 3.62. The molecule has 0 aromatic carbocycles. The highest BCUT2D eigenvalue weighted by molar-refractivity contribution is 7.09. The van der Waals surface area contributed by atoms with Gasteiger partial charge < -0.3 is 10.2 Å². The number of amides is 2. The van der Waals surface area contributed by atoms with Gasteiger partial charge in [0.25, 0.3) is 0 Å². The second-order valence-electron chi connectivity index (χ2n) is 5.92. The van der Waals surface area contributed by atoms with E-state index in [0.717, 1.165) is 5.01 Å². The summed E-state index contributed by atoms with van der Waals surface area (Å²) in [5, 5.41) is 5.57. The van der Waals surface area contributed by atoms with Gasteiger partial charge in [0.1, 0.15) is 16.6 Å². The normalized spacial score (nSPS) is 27.6. The molecule has 1 N–H and O–H groups in total. The summed E-state index contributed by atoms with van der Waals surface area (Å²) in [6.07, 6.45) is 2.29. The number of thiazole rings is 1. The van der Waals surface area contributed by atoms with Crippen LogP contribution < -0.4 is 5.32 Å². The molecule has 2 atom stereocenters. The summed E-state index contributed by atoms with van der Waals surface area (Å²) in [5.41, 5.74) is -1.43. The van der Waals surface area contributed by atoms with Crippen LogP contribution in [0.25, 0.3) is 0 Å². The Bertz CT molecular complexity index is 527. The SMILES string of the molecule is CCC1(C)NC(=O)C(C)N(C(C)(C)c2nccs2)C1=O. The highest BCUT2D eigenvalue weighted by Crippen LogP contribution is 2.35. The zero-order chi connectivity index (χ0) is 15.1. The second kappa shape index (κ2) is 4.84. The fourth-order valence-electron chi connectivity index (χ4n) is 2.60. The van der Waals surface area contributed by atoms with Crippen molar-refractivity contribution in [3.63, 3.8) is 0 Å². The van der Waals surface area contributed by atoms with Crippen molar-refractivity contribution in [2.75, 3.05) is 0 Å². The molecule has 20 heavy (non-hydrogen) atoms. The van der Waals surface area contributed by atoms with Gasteiger partial charge in [0.2, 0.25) is 11.8 Å². The summed E-state index contributed by atoms with van der Waals surface area (Å²) in [4.78, 5) is 31.1. The van der Waals surface area contributed by atoms with Crippen molar-refractivity contribution in [3.05, 3.63) is 16.6 Å². The molecule has 1 aromatic heterocycles. The maximum atomic E-state index is 12.9. The first-order chi connectivity index (χ1) is 9.24. The van der Waals surface area contributed by atoms with Crippen LogP contribution in [0.15, 0.2) is 11.6 Å². The molecule has 0 spiro atoms. The summed E-state index contributed by atoms with van der Waals surface area (Å²) < 4.78 is 0. The molecule has 1 aliphatic rings. The van der Waals surface area contributed by atoms with E-state index in [1.54, 1.807) is 24.9 Å². The van der Waals surface area contributed by atoms with E-state index < -0.39 is 17.1 Å². The smallest absolute Gasteiger partial charge is 0.249 e. The predicted molar refractivity (Wildman–Crippen MR) is 78.3 cm³/mol. The van der Waals surface area contributed by atoms with Crippen LogP contribution in [0.1, 0.15) is 46.0 Å². The minimum atomic E-state index is -0.835. The highest BCUT2D eigenvalue weighted by Gasteiger charge is 2.51. The van der Waals surface area contributed by atoms with E-state index in [4.69, 9.17) is 0 Å². The number of nitrogens with zero attached hydrogens (tertiary/aromatic N) is 2. The van der Waals surface area contributed by atoms with Gasteiger partial charge >= 0.3 is 0 Å². The van der Waals surface area contributed by atoms with Gasteiger partial charge in [0.05, 0.1) is 5.54 Å². The van der Waals surface area contributed by atoms with Crippen molar-refractivity contribution in [1.29, 1.82) is 0 Å². The summed E-state index contributed by atoms with van der Waals surface area (Å²) >= 11 is 1.50. The van der Waals surface area contributed by atoms with Crippen LogP contribution in [0.3, 0.4) is 0 Å². The molecule has 110 valence electrons. The van der Waals surface area contributed by atoms with Gasteiger partial charge in [0, 0.05) is 11.6 Å². The molecule has 1 aliphatic heterocycles. The average Bonchev–Trinajstić information content (AvgIpc) is 2.91. The van der Waals surface area contributed by atoms with Gasteiger partial charge in [-0.1, -0.05) is 6.92 Å². The van der Waals surface area contributed by atoms with Crippen LogP contribution >= 0.6 is 11.3 Å². The van der Waals surface area contributed by atoms with E-state index in [1.165, 1.54) is 11.3 Å². The van der Waals surface area contributed by atoms with Crippen molar-refractivity contribution < 1.29 is 9.59 Å². The lowest BCUT2D eigenvalue weighted by Gasteiger charge is -2.49. The van der Waals surface area contributed by atoms with Crippen LogP contribution in [0.2, 0.25) is 0 Å². The molecule has 2 unspecified atom stereocenters. The van der Waals surface area contributed by atoms with Gasteiger partial charge in [-0.2, -0.15) is 0 Å². The molecule has 6 heteroatoms. The van der Waals surface area contributed by atoms with Crippen LogP contribution in [-0.2, 0) is 15.1 Å². The van der Waals surface area contributed by atoms with Gasteiger partial charge in [-0.3, -0.25) is 9.59 Å². The number of carbonyl (C=O) groups excluding carboxylic acids is 2. The lowest BCUT2D eigenvalue weighted by Crippen LogP contribution is -2.71. The highest BCUT2D eigenvalue weighted by atomic mass is 32.1. The molecule has 1 fully saturated rings. The fraction of sp³-hybridized carbons (Fsp3) is 0.643. The van der Waals surface area contributed by atoms with Crippen molar-refractivity contribution >= 4 is 23.2 Å². The number of carbonyl (C=O) groups is 2. The van der Waals surface area contributed by atoms with E-state index >= 15 is 0 Å². The van der Waals surface area contributed by atoms with Crippen molar-refractivity contribution in [2.24, 2.45) is 0 Å². The monoisotopic (exact) mass is 295 g/mol. The zero-order valence-corrected chi connectivity index (χ0v) is 13.4. The summed E-state index contributed by atoms with van der Waals surface area (Å²) in [5.74, 6) is -0.161. The number of nitrogens with one attached hydrogen (secondary N) is 1.